The smallest absolute Gasteiger partial charge is 0.255 e. The van der Waals surface area contributed by atoms with Crippen LogP contribution in [0.2, 0.25) is 5.02 Å². The SMILES string of the molecule is CN(C)S(=O)(=O)c1ccc(NC(=O)c2cccc(Cl)c2)cc1. The first-order valence-electron chi connectivity index (χ1n) is 6.40. The van der Waals surface area contributed by atoms with Crippen molar-refractivity contribution >= 4 is 33.2 Å². The first kappa shape index (κ1) is 16.5. The third kappa shape index (κ3) is 3.65. The highest BCUT2D eigenvalue weighted by Gasteiger charge is 2.16. The van der Waals surface area contributed by atoms with Crippen LogP contribution in [0.3, 0.4) is 0 Å². The lowest BCUT2D eigenvalue weighted by molar-refractivity contribution is 0.102. The fraction of sp³-hybridized carbons (Fsp3) is 0.133. The molecule has 0 fully saturated rings. The molecule has 22 heavy (non-hydrogen) atoms. The quantitative estimate of drug-likeness (QED) is 0.932. The second kappa shape index (κ2) is 6.48. The number of hydrogen-bond donors (Lipinski definition) is 1. The highest BCUT2D eigenvalue weighted by atomic mass is 35.5. The van der Waals surface area contributed by atoms with Crippen molar-refractivity contribution in [3.8, 4) is 0 Å². The molecule has 0 aliphatic heterocycles. The fourth-order valence-electron chi connectivity index (χ4n) is 1.75. The van der Waals surface area contributed by atoms with Crippen LogP contribution in [0.1, 0.15) is 10.4 Å². The summed E-state index contributed by atoms with van der Waals surface area (Å²) in [7, 11) is -0.552. The summed E-state index contributed by atoms with van der Waals surface area (Å²) in [4.78, 5) is 12.2. The number of nitrogens with zero attached hydrogens (tertiary/aromatic N) is 1. The number of sulfonamides is 1. The molecule has 5 nitrogen and oxygen atoms in total. The molecule has 2 aromatic rings. The van der Waals surface area contributed by atoms with Gasteiger partial charge in [-0.05, 0) is 42.5 Å². The van der Waals surface area contributed by atoms with E-state index in [4.69, 9.17) is 11.6 Å². The van der Waals surface area contributed by atoms with Gasteiger partial charge in [0.2, 0.25) is 10.0 Å². The minimum atomic E-state index is -3.48. The number of rotatable bonds is 4. The molecular weight excluding hydrogens is 324 g/mol. The zero-order valence-corrected chi connectivity index (χ0v) is 13.6. The maximum atomic E-state index is 12.1. The topological polar surface area (TPSA) is 66.5 Å². The van der Waals surface area contributed by atoms with Crippen LogP contribution in [-0.2, 0) is 10.0 Å². The summed E-state index contributed by atoms with van der Waals surface area (Å²) < 4.78 is 25.0. The molecule has 0 aliphatic rings. The van der Waals surface area contributed by atoms with E-state index in [0.29, 0.717) is 16.3 Å². The fourth-order valence-corrected chi connectivity index (χ4v) is 2.85. The second-order valence-electron chi connectivity index (χ2n) is 4.78. The van der Waals surface area contributed by atoms with Crippen LogP contribution >= 0.6 is 11.6 Å². The van der Waals surface area contributed by atoms with Gasteiger partial charge < -0.3 is 5.32 Å². The van der Waals surface area contributed by atoms with Crippen molar-refractivity contribution in [2.24, 2.45) is 0 Å². The molecule has 2 rings (SSSR count). The average molecular weight is 339 g/mol. The molecule has 1 N–H and O–H groups in total. The maximum absolute atomic E-state index is 12.1. The third-order valence-electron chi connectivity index (χ3n) is 2.98. The van der Waals surface area contributed by atoms with Gasteiger partial charge in [0.1, 0.15) is 0 Å². The Morgan fingerprint density at radius 2 is 1.73 bits per heavy atom. The van der Waals surface area contributed by atoms with Crippen LogP contribution in [0.5, 0.6) is 0 Å². The van der Waals surface area contributed by atoms with E-state index in [1.807, 2.05) is 0 Å². The molecule has 0 spiro atoms. The Kier molecular flexibility index (Phi) is 4.85. The van der Waals surface area contributed by atoms with E-state index in [1.54, 1.807) is 36.4 Å². The molecular formula is C15H15ClN2O3S. The van der Waals surface area contributed by atoms with E-state index in [-0.39, 0.29) is 10.8 Å². The number of carbonyl (C=O) groups is 1. The number of benzene rings is 2. The van der Waals surface area contributed by atoms with Gasteiger partial charge in [0.05, 0.1) is 4.90 Å². The summed E-state index contributed by atoms with van der Waals surface area (Å²) >= 11 is 5.84. The van der Waals surface area contributed by atoms with Crippen LogP contribution < -0.4 is 5.32 Å². The number of anilines is 1. The summed E-state index contributed by atoms with van der Waals surface area (Å²) in [5, 5.41) is 3.16. The van der Waals surface area contributed by atoms with Gasteiger partial charge in [-0.3, -0.25) is 4.79 Å². The van der Waals surface area contributed by atoms with Crippen molar-refractivity contribution in [1.29, 1.82) is 0 Å². The molecule has 0 bridgehead atoms. The molecule has 0 heterocycles. The summed E-state index contributed by atoms with van der Waals surface area (Å²) in [5.41, 5.74) is 0.931. The van der Waals surface area contributed by atoms with E-state index in [9.17, 15) is 13.2 Å². The van der Waals surface area contributed by atoms with E-state index in [2.05, 4.69) is 5.32 Å². The van der Waals surface area contributed by atoms with Gasteiger partial charge in [-0.15, -0.1) is 0 Å². The summed E-state index contributed by atoms with van der Waals surface area (Å²) in [6.45, 7) is 0. The lowest BCUT2D eigenvalue weighted by Crippen LogP contribution is -2.22. The Labute approximate surface area is 134 Å². The largest absolute Gasteiger partial charge is 0.322 e. The van der Waals surface area contributed by atoms with Crippen LogP contribution in [0, 0.1) is 0 Å². The lowest BCUT2D eigenvalue weighted by atomic mass is 10.2. The standard InChI is InChI=1S/C15H15ClN2O3S/c1-18(2)22(20,21)14-8-6-13(7-9-14)17-15(19)11-4-3-5-12(16)10-11/h3-10H,1-2H3,(H,17,19). The normalized spacial score (nSPS) is 11.5. The monoisotopic (exact) mass is 338 g/mol. The molecule has 0 unspecified atom stereocenters. The first-order chi connectivity index (χ1) is 10.3. The first-order valence-corrected chi connectivity index (χ1v) is 8.22. The molecule has 0 atom stereocenters. The third-order valence-corrected chi connectivity index (χ3v) is 5.04. The zero-order chi connectivity index (χ0) is 16.3. The molecule has 0 saturated carbocycles. The minimum absolute atomic E-state index is 0.165. The van der Waals surface area contributed by atoms with Gasteiger partial charge in [0.25, 0.3) is 5.91 Å². The molecule has 1 amide bonds. The van der Waals surface area contributed by atoms with Crippen LogP contribution in [0.25, 0.3) is 0 Å². The van der Waals surface area contributed by atoms with Crippen molar-refractivity contribution in [2.75, 3.05) is 19.4 Å². The Hall–Kier alpha value is -1.89. The summed E-state index contributed by atoms with van der Waals surface area (Å²) in [6.07, 6.45) is 0. The predicted molar refractivity (Wildman–Crippen MR) is 86.7 cm³/mol. The van der Waals surface area contributed by atoms with E-state index in [1.165, 1.54) is 26.2 Å². The molecule has 0 radical (unpaired) electrons. The Morgan fingerprint density at radius 3 is 2.27 bits per heavy atom. The minimum Gasteiger partial charge on any atom is -0.322 e. The van der Waals surface area contributed by atoms with E-state index < -0.39 is 10.0 Å². The summed E-state index contributed by atoms with van der Waals surface area (Å²) in [6, 6.07) is 12.5. The number of amides is 1. The van der Waals surface area contributed by atoms with Crippen molar-refractivity contribution in [2.45, 2.75) is 4.90 Å². The van der Waals surface area contributed by atoms with Crippen LogP contribution in [0.15, 0.2) is 53.4 Å². The lowest BCUT2D eigenvalue weighted by Gasteiger charge is -2.12. The average Bonchev–Trinajstić information content (AvgIpc) is 2.47. The van der Waals surface area contributed by atoms with Crippen molar-refractivity contribution in [3.63, 3.8) is 0 Å². The number of halogens is 1. The van der Waals surface area contributed by atoms with Crippen LogP contribution in [-0.4, -0.2) is 32.7 Å². The van der Waals surface area contributed by atoms with Crippen molar-refractivity contribution < 1.29 is 13.2 Å². The highest BCUT2D eigenvalue weighted by Crippen LogP contribution is 2.18. The van der Waals surface area contributed by atoms with Gasteiger partial charge in [0, 0.05) is 30.4 Å². The number of hydrogen-bond acceptors (Lipinski definition) is 3. The van der Waals surface area contributed by atoms with Crippen molar-refractivity contribution in [1.82, 2.24) is 4.31 Å². The van der Waals surface area contributed by atoms with Gasteiger partial charge in [-0.1, -0.05) is 17.7 Å². The molecule has 0 aromatic heterocycles. The van der Waals surface area contributed by atoms with Gasteiger partial charge >= 0.3 is 0 Å². The van der Waals surface area contributed by atoms with Gasteiger partial charge in [-0.2, -0.15) is 0 Å². The number of carbonyl (C=O) groups excluding carboxylic acids is 1. The predicted octanol–water partition coefficient (Wildman–Crippen LogP) is 2.84. The summed E-state index contributed by atoms with van der Waals surface area (Å²) in [5.74, 6) is -0.314. The molecule has 0 aliphatic carbocycles. The Balaban J connectivity index is 2.17. The second-order valence-corrected chi connectivity index (χ2v) is 7.36. The molecule has 7 heteroatoms. The van der Waals surface area contributed by atoms with Gasteiger partial charge in [0.15, 0.2) is 0 Å². The zero-order valence-electron chi connectivity index (χ0n) is 12.1. The van der Waals surface area contributed by atoms with Gasteiger partial charge in [-0.25, -0.2) is 12.7 Å². The van der Waals surface area contributed by atoms with E-state index >= 15 is 0 Å². The van der Waals surface area contributed by atoms with Crippen LogP contribution in [0.4, 0.5) is 5.69 Å². The molecule has 116 valence electrons. The number of nitrogens with one attached hydrogen (secondary N) is 1. The van der Waals surface area contributed by atoms with Crippen molar-refractivity contribution in [3.05, 3.63) is 59.1 Å². The highest BCUT2D eigenvalue weighted by molar-refractivity contribution is 7.89. The molecule has 0 saturated heterocycles. The molecule has 2 aromatic carbocycles. The Morgan fingerprint density at radius 1 is 1.09 bits per heavy atom. The van der Waals surface area contributed by atoms with E-state index in [0.717, 1.165) is 4.31 Å². The maximum Gasteiger partial charge on any atom is 0.255 e. The Bertz CT molecular complexity index is 787.